The Morgan fingerprint density at radius 1 is 0.607 bits per heavy atom. The first-order chi connectivity index (χ1) is 13.4. The molecule has 0 bridgehead atoms. The second kappa shape index (κ2) is 33.0. The van der Waals surface area contributed by atoms with E-state index in [1.165, 1.54) is 0 Å². The zero-order chi connectivity index (χ0) is 20.4. The first-order valence-electron chi connectivity index (χ1n) is 10.5. The summed E-state index contributed by atoms with van der Waals surface area (Å²) in [6.45, 7) is 15.8. The van der Waals surface area contributed by atoms with Gasteiger partial charge in [-0.15, -0.1) is 13.1 Å². The van der Waals surface area contributed by atoms with Crippen LogP contribution in [0.4, 0.5) is 0 Å². The Morgan fingerprint density at radius 2 is 0.964 bits per heavy atom. The van der Waals surface area contributed by atoms with Gasteiger partial charge in [0.1, 0.15) is 0 Å². The maximum atomic E-state index is 5.72. The smallest absolute Gasteiger partial charge is 0.662 e. The molecule has 8 heteroatoms. The largest absolute Gasteiger partial charge is 1.00 e. The van der Waals surface area contributed by atoms with Crippen molar-refractivity contribution in [2.24, 2.45) is 0 Å². The van der Waals surface area contributed by atoms with Gasteiger partial charge in [0.15, 0.2) is 0 Å². The Balaban J connectivity index is -0.00000117. The third-order valence-corrected chi connectivity index (χ3v) is 3.35. The molecule has 166 valence electrons. The molecule has 0 saturated carbocycles. The van der Waals surface area contributed by atoms with E-state index in [2.05, 4.69) is 5.32 Å². The van der Waals surface area contributed by atoms with Crippen LogP contribution in [0.3, 0.4) is 0 Å². The van der Waals surface area contributed by atoms with Crippen LogP contribution in [-0.4, -0.2) is 92.4 Å². The number of piperidine rings is 1. The number of ether oxygens (including phenoxy) is 6. The summed E-state index contributed by atoms with van der Waals surface area (Å²) in [5.41, 5.74) is 0. The predicted molar refractivity (Wildman–Crippen MR) is 110 cm³/mol. The van der Waals surface area contributed by atoms with E-state index >= 15 is 0 Å². The summed E-state index contributed by atoms with van der Waals surface area (Å²) >= 11 is 0. The molecular weight excluding hydrogens is 389 g/mol. The van der Waals surface area contributed by atoms with Gasteiger partial charge in [-0.25, -0.2) is 0 Å². The fourth-order valence-electron chi connectivity index (χ4n) is 2.07. The van der Waals surface area contributed by atoms with Crippen LogP contribution in [0.25, 0.3) is 5.32 Å². The summed E-state index contributed by atoms with van der Waals surface area (Å²) in [7, 11) is 1.65. The molecule has 0 atom stereocenters. The van der Waals surface area contributed by atoms with Crippen molar-refractivity contribution >= 4 is 0 Å². The van der Waals surface area contributed by atoms with Crippen molar-refractivity contribution in [1.82, 2.24) is 0 Å². The minimum Gasteiger partial charge on any atom is -0.662 e. The monoisotopic (exact) mass is 433 g/mol. The van der Waals surface area contributed by atoms with Gasteiger partial charge >= 0.3 is 51.4 Å². The quantitative estimate of drug-likeness (QED) is 0.258. The van der Waals surface area contributed by atoms with Gasteiger partial charge < -0.3 is 33.7 Å². The number of nitrogens with zero attached hydrogens (tertiary/aromatic N) is 1. The average molecular weight is 434 g/mol. The molecule has 1 rings (SSSR count). The van der Waals surface area contributed by atoms with Crippen LogP contribution in [0.15, 0.2) is 0 Å². The number of rotatable bonds is 16. The minimum atomic E-state index is 0. The van der Waals surface area contributed by atoms with Gasteiger partial charge in [-0.2, -0.15) is 0 Å². The molecule has 0 unspecified atom stereocenters. The summed E-state index contributed by atoms with van der Waals surface area (Å²) in [6, 6.07) is 0. The summed E-state index contributed by atoms with van der Waals surface area (Å²) in [6.07, 6.45) is 2.45. The van der Waals surface area contributed by atoms with Crippen LogP contribution >= 0.6 is 0 Å². The van der Waals surface area contributed by atoms with Crippen LogP contribution < -0.4 is 51.4 Å². The molecular formula is C20H44KNO6. The van der Waals surface area contributed by atoms with Gasteiger partial charge in [-0.1, -0.05) is 27.7 Å². The van der Waals surface area contributed by atoms with Gasteiger partial charge in [0.2, 0.25) is 0 Å². The maximum absolute atomic E-state index is 5.72. The second-order valence-electron chi connectivity index (χ2n) is 5.18. The van der Waals surface area contributed by atoms with Crippen LogP contribution in [0.5, 0.6) is 0 Å². The van der Waals surface area contributed by atoms with Crippen LogP contribution in [0.2, 0.25) is 0 Å². The van der Waals surface area contributed by atoms with E-state index in [1.54, 1.807) is 7.11 Å². The molecule has 1 aliphatic rings. The zero-order valence-electron chi connectivity index (χ0n) is 19.4. The molecule has 0 spiro atoms. The van der Waals surface area contributed by atoms with Gasteiger partial charge in [-0.05, 0) is 12.8 Å². The maximum Gasteiger partial charge on any atom is 1.00 e. The van der Waals surface area contributed by atoms with E-state index in [1.807, 2.05) is 27.7 Å². The Labute approximate surface area is 216 Å². The molecule has 0 aromatic rings. The van der Waals surface area contributed by atoms with Crippen molar-refractivity contribution in [3.05, 3.63) is 5.32 Å². The average Bonchev–Trinajstić information content (AvgIpc) is 2.74. The van der Waals surface area contributed by atoms with Crippen molar-refractivity contribution in [3.8, 4) is 0 Å². The third kappa shape index (κ3) is 27.4. The fourth-order valence-corrected chi connectivity index (χ4v) is 2.07. The molecule has 1 heterocycles. The molecule has 0 aromatic carbocycles. The van der Waals surface area contributed by atoms with Crippen molar-refractivity contribution < 1.29 is 79.8 Å². The summed E-state index contributed by atoms with van der Waals surface area (Å²) in [4.78, 5) is 0. The van der Waals surface area contributed by atoms with E-state index in [0.717, 1.165) is 25.9 Å². The molecule has 0 radical (unpaired) electrons. The van der Waals surface area contributed by atoms with Crippen molar-refractivity contribution in [1.29, 1.82) is 0 Å². The summed E-state index contributed by atoms with van der Waals surface area (Å²) in [5, 5.41) is 4.30. The Kier molecular flexibility index (Phi) is 40.1. The molecule has 1 saturated heterocycles. The Bertz CT molecular complexity index is 247. The number of hydrogen-bond acceptors (Lipinski definition) is 6. The fraction of sp³-hybridized carbons (Fsp3) is 1.00. The van der Waals surface area contributed by atoms with Crippen LogP contribution in [-0.2, 0) is 28.4 Å². The van der Waals surface area contributed by atoms with Crippen molar-refractivity contribution in [3.63, 3.8) is 0 Å². The molecule has 0 amide bonds. The van der Waals surface area contributed by atoms with Gasteiger partial charge in [0, 0.05) is 7.11 Å². The molecule has 0 N–H and O–H groups in total. The molecule has 7 nitrogen and oxygen atoms in total. The number of methoxy groups -OCH3 is 1. The van der Waals surface area contributed by atoms with Crippen LogP contribution in [0, 0.1) is 0 Å². The van der Waals surface area contributed by atoms with E-state index in [9.17, 15) is 0 Å². The third-order valence-electron chi connectivity index (χ3n) is 3.35. The molecule has 1 fully saturated rings. The topological polar surface area (TPSA) is 69.5 Å². The number of hydrogen-bond donors (Lipinski definition) is 0. The second-order valence-corrected chi connectivity index (χ2v) is 5.18. The zero-order valence-corrected chi connectivity index (χ0v) is 22.5. The normalized spacial score (nSPS) is 13.6. The molecule has 1 aliphatic heterocycles. The molecule has 0 aliphatic carbocycles. The SMILES string of the molecule is CC.CC.COCCOCCOCCOCCOCCOC1CC[N-]CC1.[K+]. The van der Waals surface area contributed by atoms with E-state index in [4.69, 9.17) is 28.4 Å². The summed E-state index contributed by atoms with van der Waals surface area (Å²) < 4.78 is 32.1. The van der Waals surface area contributed by atoms with E-state index in [0.29, 0.717) is 72.2 Å². The van der Waals surface area contributed by atoms with Gasteiger partial charge in [0.25, 0.3) is 0 Å². The van der Waals surface area contributed by atoms with E-state index < -0.39 is 0 Å². The minimum absolute atomic E-state index is 0. The van der Waals surface area contributed by atoms with E-state index in [-0.39, 0.29) is 51.4 Å². The van der Waals surface area contributed by atoms with Crippen molar-refractivity contribution in [2.75, 3.05) is 86.3 Å². The Morgan fingerprint density at radius 3 is 1.36 bits per heavy atom. The standard InChI is InChI=1S/C16H32NO6.2C2H6.K/c1-18-6-7-19-8-9-20-10-11-21-12-13-22-14-15-23-16-2-4-17-5-3-16;2*1-2;/h16H,2-15H2,1H3;2*1-2H3;/q-1;;;+1. The van der Waals surface area contributed by atoms with Crippen LogP contribution in [0.1, 0.15) is 40.5 Å². The Hall–Kier alpha value is 1.36. The first kappa shape index (κ1) is 34.0. The van der Waals surface area contributed by atoms with Crippen molar-refractivity contribution in [2.45, 2.75) is 46.6 Å². The molecule has 0 aromatic heterocycles. The summed E-state index contributed by atoms with van der Waals surface area (Å²) in [5.74, 6) is 0. The van der Waals surface area contributed by atoms with Gasteiger partial charge in [0.05, 0.1) is 72.2 Å². The molecule has 28 heavy (non-hydrogen) atoms. The first-order valence-corrected chi connectivity index (χ1v) is 10.5. The van der Waals surface area contributed by atoms with Gasteiger partial charge in [-0.3, -0.25) is 0 Å². The predicted octanol–water partition coefficient (Wildman–Crippen LogP) is 0.308.